The van der Waals surface area contributed by atoms with Crippen molar-refractivity contribution in [3.63, 3.8) is 0 Å². The number of hydrogen-bond donors (Lipinski definition) is 0. The van der Waals surface area contributed by atoms with Crippen LogP contribution in [0.4, 0.5) is 0 Å². The molecule has 1 heterocycles. The highest BCUT2D eigenvalue weighted by atomic mass is 79.9. The largest absolute Gasteiger partial charge is 0.496 e. The molecule has 1 unspecified atom stereocenters. The Morgan fingerprint density at radius 1 is 1.19 bits per heavy atom. The smallest absolute Gasteiger partial charge is 0.122 e. The molecule has 3 rings (SSSR count). The van der Waals surface area contributed by atoms with Gasteiger partial charge in [-0.2, -0.15) is 0 Å². The fourth-order valence-corrected chi connectivity index (χ4v) is 3.47. The maximum Gasteiger partial charge on any atom is 0.122 e. The maximum absolute atomic E-state index is 5.53. The van der Waals surface area contributed by atoms with Gasteiger partial charge in [0, 0.05) is 23.5 Å². The number of likely N-dealkylation sites (tertiary alicyclic amines) is 1. The van der Waals surface area contributed by atoms with Gasteiger partial charge in [0.2, 0.25) is 0 Å². The van der Waals surface area contributed by atoms with Crippen LogP contribution < -0.4 is 4.74 Å². The van der Waals surface area contributed by atoms with Crippen molar-refractivity contribution in [3.8, 4) is 5.75 Å². The summed E-state index contributed by atoms with van der Waals surface area (Å²) in [5, 5.41) is 0. The molecule has 0 amide bonds. The second kappa shape index (κ2) is 6.63. The molecule has 3 heteroatoms. The zero-order valence-electron chi connectivity index (χ0n) is 12.3. The molecule has 1 fully saturated rings. The van der Waals surface area contributed by atoms with Crippen molar-refractivity contribution >= 4 is 15.9 Å². The summed E-state index contributed by atoms with van der Waals surface area (Å²) >= 11 is 3.57. The maximum atomic E-state index is 5.53. The van der Waals surface area contributed by atoms with E-state index in [1.165, 1.54) is 17.5 Å². The minimum Gasteiger partial charge on any atom is -0.496 e. The molecular weight excluding hydrogens is 326 g/mol. The van der Waals surface area contributed by atoms with Crippen molar-refractivity contribution in [1.82, 2.24) is 4.90 Å². The fourth-order valence-electron chi connectivity index (χ4n) is 3.10. The average Bonchev–Trinajstić information content (AvgIpc) is 2.96. The van der Waals surface area contributed by atoms with Crippen LogP contribution in [0.3, 0.4) is 0 Å². The van der Waals surface area contributed by atoms with Gasteiger partial charge in [0.05, 0.1) is 7.11 Å². The van der Waals surface area contributed by atoms with Gasteiger partial charge in [-0.1, -0.05) is 46.3 Å². The SMILES string of the molecule is COc1ccc(Br)cc1C1CCN(Cc2ccccc2)C1. The van der Waals surface area contributed by atoms with Gasteiger partial charge in [-0.15, -0.1) is 0 Å². The number of halogens is 1. The highest BCUT2D eigenvalue weighted by molar-refractivity contribution is 9.10. The van der Waals surface area contributed by atoms with Crippen molar-refractivity contribution < 1.29 is 4.74 Å². The first-order chi connectivity index (χ1) is 10.3. The lowest BCUT2D eigenvalue weighted by Gasteiger charge is -2.18. The van der Waals surface area contributed by atoms with E-state index in [4.69, 9.17) is 4.74 Å². The summed E-state index contributed by atoms with van der Waals surface area (Å²) < 4.78 is 6.65. The molecule has 2 aromatic carbocycles. The van der Waals surface area contributed by atoms with E-state index in [1.54, 1.807) is 7.11 Å². The zero-order chi connectivity index (χ0) is 14.7. The molecule has 110 valence electrons. The average molecular weight is 346 g/mol. The third-order valence-corrected chi connectivity index (χ3v) is 4.65. The van der Waals surface area contributed by atoms with Gasteiger partial charge in [0.1, 0.15) is 5.75 Å². The lowest BCUT2D eigenvalue weighted by atomic mass is 9.97. The number of hydrogen-bond acceptors (Lipinski definition) is 2. The van der Waals surface area contributed by atoms with E-state index in [2.05, 4.69) is 63.3 Å². The number of rotatable bonds is 4. The van der Waals surface area contributed by atoms with E-state index in [9.17, 15) is 0 Å². The minimum absolute atomic E-state index is 0.557. The number of nitrogens with zero attached hydrogens (tertiary/aromatic N) is 1. The first kappa shape index (κ1) is 14.6. The third-order valence-electron chi connectivity index (χ3n) is 4.15. The molecular formula is C18H20BrNO. The molecule has 0 N–H and O–H groups in total. The quantitative estimate of drug-likeness (QED) is 0.811. The Morgan fingerprint density at radius 2 is 2.00 bits per heavy atom. The molecule has 0 radical (unpaired) electrons. The predicted octanol–water partition coefficient (Wildman–Crippen LogP) is 4.45. The van der Waals surface area contributed by atoms with Crippen LogP contribution >= 0.6 is 15.9 Å². The van der Waals surface area contributed by atoms with Crippen molar-refractivity contribution in [2.45, 2.75) is 18.9 Å². The summed E-state index contributed by atoms with van der Waals surface area (Å²) in [5.41, 5.74) is 2.71. The van der Waals surface area contributed by atoms with E-state index in [1.807, 2.05) is 6.07 Å². The van der Waals surface area contributed by atoms with Crippen LogP contribution in [0, 0.1) is 0 Å². The summed E-state index contributed by atoms with van der Waals surface area (Å²) in [4.78, 5) is 2.53. The van der Waals surface area contributed by atoms with Crippen molar-refractivity contribution in [2.24, 2.45) is 0 Å². The molecule has 1 atom stereocenters. The van der Waals surface area contributed by atoms with Gasteiger partial charge >= 0.3 is 0 Å². The molecule has 0 bridgehead atoms. The van der Waals surface area contributed by atoms with Crippen LogP contribution in [0.25, 0.3) is 0 Å². The number of methoxy groups -OCH3 is 1. The fraction of sp³-hybridized carbons (Fsp3) is 0.333. The van der Waals surface area contributed by atoms with Crippen LogP contribution in [0.1, 0.15) is 23.5 Å². The van der Waals surface area contributed by atoms with Gasteiger partial charge in [-0.25, -0.2) is 0 Å². The molecule has 1 aliphatic rings. The van der Waals surface area contributed by atoms with Crippen LogP contribution in [-0.2, 0) is 6.54 Å². The van der Waals surface area contributed by atoms with Crippen LogP contribution in [0.5, 0.6) is 5.75 Å². The summed E-state index contributed by atoms with van der Waals surface area (Å²) in [6, 6.07) is 17.0. The van der Waals surface area contributed by atoms with E-state index in [-0.39, 0.29) is 0 Å². The van der Waals surface area contributed by atoms with E-state index >= 15 is 0 Å². The van der Waals surface area contributed by atoms with Gasteiger partial charge in [0.25, 0.3) is 0 Å². The Morgan fingerprint density at radius 3 is 2.76 bits per heavy atom. The van der Waals surface area contributed by atoms with E-state index in [0.717, 1.165) is 29.9 Å². The Hall–Kier alpha value is -1.32. The molecule has 1 aliphatic heterocycles. The third kappa shape index (κ3) is 3.47. The van der Waals surface area contributed by atoms with E-state index in [0.29, 0.717) is 5.92 Å². The molecule has 0 aromatic heterocycles. The lowest BCUT2D eigenvalue weighted by molar-refractivity contribution is 0.325. The lowest BCUT2D eigenvalue weighted by Crippen LogP contribution is -2.19. The summed E-state index contributed by atoms with van der Waals surface area (Å²) in [6.07, 6.45) is 1.19. The normalized spacial score (nSPS) is 18.9. The van der Waals surface area contributed by atoms with Gasteiger partial charge < -0.3 is 4.74 Å². The predicted molar refractivity (Wildman–Crippen MR) is 89.8 cm³/mol. The van der Waals surface area contributed by atoms with Gasteiger partial charge in [-0.3, -0.25) is 4.90 Å². The molecule has 0 spiro atoms. The van der Waals surface area contributed by atoms with Gasteiger partial charge in [0.15, 0.2) is 0 Å². The molecule has 21 heavy (non-hydrogen) atoms. The number of ether oxygens (including phenoxy) is 1. The zero-order valence-corrected chi connectivity index (χ0v) is 13.8. The topological polar surface area (TPSA) is 12.5 Å². The molecule has 0 saturated carbocycles. The molecule has 1 saturated heterocycles. The number of benzene rings is 2. The molecule has 2 nitrogen and oxygen atoms in total. The Kier molecular flexibility index (Phi) is 4.61. The Labute approximate surface area is 134 Å². The highest BCUT2D eigenvalue weighted by Gasteiger charge is 2.26. The molecule has 2 aromatic rings. The van der Waals surface area contributed by atoms with E-state index < -0.39 is 0 Å². The van der Waals surface area contributed by atoms with Gasteiger partial charge in [-0.05, 0) is 42.3 Å². The standard InChI is InChI=1S/C18H20BrNO/c1-21-18-8-7-16(19)11-17(18)15-9-10-20(13-15)12-14-5-3-2-4-6-14/h2-8,11,15H,9-10,12-13H2,1H3. The summed E-state index contributed by atoms with van der Waals surface area (Å²) in [5.74, 6) is 1.56. The highest BCUT2D eigenvalue weighted by Crippen LogP contribution is 2.35. The second-order valence-corrected chi connectivity index (χ2v) is 6.51. The van der Waals surface area contributed by atoms with Crippen LogP contribution in [0.15, 0.2) is 53.0 Å². The Balaban J connectivity index is 1.71. The Bertz CT molecular complexity index is 599. The second-order valence-electron chi connectivity index (χ2n) is 5.59. The first-order valence-electron chi connectivity index (χ1n) is 7.36. The summed E-state index contributed by atoms with van der Waals surface area (Å²) in [6.45, 7) is 3.28. The van der Waals surface area contributed by atoms with Crippen molar-refractivity contribution in [3.05, 3.63) is 64.1 Å². The monoisotopic (exact) mass is 345 g/mol. The molecule has 0 aliphatic carbocycles. The summed E-state index contributed by atoms with van der Waals surface area (Å²) in [7, 11) is 1.75. The minimum atomic E-state index is 0.557. The van der Waals surface area contributed by atoms with Crippen molar-refractivity contribution in [2.75, 3.05) is 20.2 Å². The van der Waals surface area contributed by atoms with Crippen LogP contribution in [0.2, 0.25) is 0 Å². The first-order valence-corrected chi connectivity index (χ1v) is 8.15. The van der Waals surface area contributed by atoms with Crippen molar-refractivity contribution in [1.29, 1.82) is 0 Å². The van der Waals surface area contributed by atoms with Crippen LogP contribution in [-0.4, -0.2) is 25.1 Å².